The van der Waals surface area contributed by atoms with Gasteiger partial charge in [0.2, 0.25) is 0 Å². The van der Waals surface area contributed by atoms with Gasteiger partial charge in [0.1, 0.15) is 6.29 Å². The molecule has 0 aromatic rings. The highest BCUT2D eigenvalue weighted by atomic mass is 35.5. The standard InChI is InChI=1S/C8H10Cl2O/c1-2-8(10)5-7(6-11)3-4-9/h3,5-6H,2,4H2,1H3/b7-3+,8-5+. The Morgan fingerprint density at radius 3 is 2.55 bits per heavy atom. The Hall–Kier alpha value is -0.270. The Bertz CT molecular complexity index is 183. The van der Waals surface area contributed by atoms with Crippen LogP contribution in [0.1, 0.15) is 13.3 Å². The van der Waals surface area contributed by atoms with E-state index in [0.29, 0.717) is 16.5 Å². The third-order valence-corrected chi connectivity index (χ3v) is 1.64. The Morgan fingerprint density at radius 2 is 2.18 bits per heavy atom. The van der Waals surface area contributed by atoms with Crippen molar-refractivity contribution in [1.29, 1.82) is 0 Å². The summed E-state index contributed by atoms with van der Waals surface area (Å²) in [7, 11) is 0. The molecule has 0 saturated carbocycles. The van der Waals surface area contributed by atoms with Crippen molar-refractivity contribution in [1.82, 2.24) is 0 Å². The molecule has 0 heterocycles. The number of carbonyl (C=O) groups is 1. The van der Waals surface area contributed by atoms with Gasteiger partial charge in [-0.1, -0.05) is 24.6 Å². The lowest BCUT2D eigenvalue weighted by molar-refractivity contribution is -0.104. The van der Waals surface area contributed by atoms with Crippen LogP contribution in [0, 0.1) is 0 Å². The van der Waals surface area contributed by atoms with Gasteiger partial charge in [-0.15, -0.1) is 11.6 Å². The molecule has 0 aliphatic heterocycles. The summed E-state index contributed by atoms with van der Waals surface area (Å²) in [4.78, 5) is 10.3. The Morgan fingerprint density at radius 1 is 1.55 bits per heavy atom. The predicted octanol–water partition coefficient (Wildman–Crippen LogP) is 2.88. The summed E-state index contributed by atoms with van der Waals surface area (Å²) in [6.45, 7) is 1.92. The first-order chi connectivity index (χ1) is 5.24. The lowest BCUT2D eigenvalue weighted by Gasteiger charge is -1.91. The summed E-state index contributed by atoms with van der Waals surface area (Å²) in [6, 6.07) is 0. The summed E-state index contributed by atoms with van der Waals surface area (Å²) in [5.41, 5.74) is 0.534. The van der Waals surface area contributed by atoms with E-state index in [4.69, 9.17) is 23.2 Å². The van der Waals surface area contributed by atoms with Crippen LogP contribution in [0.25, 0.3) is 0 Å². The number of alkyl halides is 1. The predicted molar refractivity (Wildman–Crippen MR) is 49.1 cm³/mol. The van der Waals surface area contributed by atoms with E-state index < -0.39 is 0 Å². The zero-order valence-electron chi connectivity index (χ0n) is 6.31. The molecule has 0 atom stereocenters. The second kappa shape index (κ2) is 6.44. The van der Waals surface area contributed by atoms with Crippen molar-refractivity contribution < 1.29 is 4.79 Å². The maximum atomic E-state index is 10.3. The number of rotatable bonds is 4. The summed E-state index contributed by atoms with van der Waals surface area (Å²) >= 11 is 11.1. The van der Waals surface area contributed by atoms with Crippen LogP contribution in [0.5, 0.6) is 0 Å². The number of allylic oxidation sites excluding steroid dienone is 4. The molecule has 0 aromatic carbocycles. The van der Waals surface area contributed by atoms with Gasteiger partial charge >= 0.3 is 0 Å². The first-order valence-corrected chi connectivity index (χ1v) is 4.23. The van der Waals surface area contributed by atoms with Gasteiger partial charge in [-0.25, -0.2) is 0 Å². The van der Waals surface area contributed by atoms with E-state index in [-0.39, 0.29) is 0 Å². The minimum atomic E-state index is 0.332. The summed E-state index contributed by atoms with van der Waals surface area (Å²) in [5, 5.41) is 0.661. The van der Waals surface area contributed by atoms with Crippen molar-refractivity contribution in [2.45, 2.75) is 13.3 Å². The molecule has 0 aliphatic carbocycles. The molecule has 0 N–H and O–H groups in total. The fourth-order valence-electron chi connectivity index (χ4n) is 0.513. The number of hydrogen-bond acceptors (Lipinski definition) is 1. The molecule has 11 heavy (non-hydrogen) atoms. The monoisotopic (exact) mass is 192 g/mol. The van der Waals surface area contributed by atoms with Gasteiger partial charge in [0.25, 0.3) is 0 Å². The molecule has 0 radical (unpaired) electrons. The van der Waals surface area contributed by atoms with Gasteiger partial charge in [0.15, 0.2) is 0 Å². The first-order valence-electron chi connectivity index (χ1n) is 3.32. The smallest absolute Gasteiger partial charge is 0.149 e. The fraction of sp³-hybridized carbons (Fsp3) is 0.375. The molecule has 0 aromatic heterocycles. The molecule has 1 nitrogen and oxygen atoms in total. The van der Waals surface area contributed by atoms with Gasteiger partial charge in [-0.3, -0.25) is 4.79 Å². The van der Waals surface area contributed by atoms with E-state index in [1.165, 1.54) is 0 Å². The average molecular weight is 193 g/mol. The SMILES string of the molecule is CC/C(Cl)=C\C(C=O)=C/CCl. The van der Waals surface area contributed by atoms with Gasteiger partial charge in [0.05, 0.1) is 0 Å². The van der Waals surface area contributed by atoms with Gasteiger partial charge in [-0.2, -0.15) is 0 Å². The van der Waals surface area contributed by atoms with E-state index in [2.05, 4.69) is 0 Å². The quantitative estimate of drug-likeness (QED) is 0.290. The van der Waals surface area contributed by atoms with Gasteiger partial charge < -0.3 is 0 Å². The third-order valence-electron chi connectivity index (χ3n) is 1.11. The van der Waals surface area contributed by atoms with E-state index in [1.807, 2.05) is 6.92 Å². The molecular weight excluding hydrogens is 183 g/mol. The summed E-state index contributed by atoms with van der Waals surface area (Å²) in [6.07, 6.45) is 4.71. The molecule has 0 fully saturated rings. The van der Waals surface area contributed by atoms with Crippen LogP contribution in [-0.4, -0.2) is 12.2 Å². The highest BCUT2D eigenvalue weighted by Gasteiger charge is 1.91. The van der Waals surface area contributed by atoms with Crippen LogP contribution in [-0.2, 0) is 4.79 Å². The zero-order chi connectivity index (χ0) is 8.69. The van der Waals surface area contributed by atoms with Crippen molar-refractivity contribution in [2.75, 3.05) is 5.88 Å². The van der Waals surface area contributed by atoms with Crippen LogP contribution in [0.3, 0.4) is 0 Å². The lowest BCUT2D eigenvalue weighted by atomic mass is 10.2. The molecule has 62 valence electrons. The van der Waals surface area contributed by atoms with Crippen molar-refractivity contribution in [2.24, 2.45) is 0 Å². The van der Waals surface area contributed by atoms with Crippen LogP contribution >= 0.6 is 23.2 Å². The minimum Gasteiger partial charge on any atom is -0.298 e. The molecule has 0 rings (SSSR count). The van der Waals surface area contributed by atoms with Crippen molar-refractivity contribution in [3.63, 3.8) is 0 Å². The highest BCUT2D eigenvalue weighted by molar-refractivity contribution is 6.30. The summed E-state index contributed by atoms with van der Waals surface area (Å²) < 4.78 is 0. The summed E-state index contributed by atoms with van der Waals surface area (Å²) in [5.74, 6) is 0.332. The van der Waals surface area contributed by atoms with E-state index in [1.54, 1.807) is 12.2 Å². The van der Waals surface area contributed by atoms with Crippen LogP contribution in [0.2, 0.25) is 0 Å². The van der Waals surface area contributed by atoms with Gasteiger partial charge in [0, 0.05) is 16.5 Å². The first kappa shape index (κ1) is 10.7. The molecule has 3 heteroatoms. The van der Waals surface area contributed by atoms with Crippen LogP contribution < -0.4 is 0 Å². The van der Waals surface area contributed by atoms with E-state index >= 15 is 0 Å². The maximum Gasteiger partial charge on any atom is 0.149 e. The fourth-order valence-corrected chi connectivity index (χ4v) is 0.817. The Balaban J connectivity index is 4.29. The third kappa shape index (κ3) is 5.05. The average Bonchev–Trinajstić information content (AvgIpc) is 2.03. The topological polar surface area (TPSA) is 17.1 Å². The van der Waals surface area contributed by atoms with E-state index in [0.717, 1.165) is 12.7 Å². The Kier molecular flexibility index (Phi) is 6.28. The second-order valence-corrected chi connectivity index (χ2v) is 2.72. The Labute approximate surface area is 76.7 Å². The van der Waals surface area contributed by atoms with Gasteiger partial charge in [-0.05, 0) is 12.5 Å². The highest BCUT2D eigenvalue weighted by Crippen LogP contribution is 2.09. The second-order valence-electron chi connectivity index (χ2n) is 1.92. The number of halogens is 2. The van der Waals surface area contributed by atoms with Crippen molar-refractivity contribution in [3.05, 3.63) is 22.8 Å². The normalized spacial score (nSPS) is 13.4. The molecule has 0 unspecified atom stereocenters. The van der Waals surface area contributed by atoms with Crippen molar-refractivity contribution in [3.8, 4) is 0 Å². The molecule has 0 bridgehead atoms. The molecule has 0 amide bonds. The maximum absolute atomic E-state index is 10.3. The van der Waals surface area contributed by atoms with Crippen LogP contribution in [0.4, 0.5) is 0 Å². The van der Waals surface area contributed by atoms with Crippen molar-refractivity contribution >= 4 is 29.5 Å². The lowest BCUT2D eigenvalue weighted by Crippen LogP contribution is -1.81. The number of hydrogen-bond donors (Lipinski definition) is 0. The van der Waals surface area contributed by atoms with Crippen LogP contribution in [0.15, 0.2) is 22.8 Å². The molecule has 0 aliphatic rings. The number of carbonyl (C=O) groups excluding carboxylic acids is 1. The molecule has 0 saturated heterocycles. The largest absolute Gasteiger partial charge is 0.298 e. The minimum absolute atomic E-state index is 0.332. The molecule has 0 spiro atoms. The molecular formula is C8H10Cl2O. The van der Waals surface area contributed by atoms with E-state index in [9.17, 15) is 4.79 Å². The number of aldehydes is 1. The zero-order valence-corrected chi connectivity index (χ0v) is 7.82.